The first-order valence-electron chi connectivity index (χ1n) is 13.0. The van der Waals surface area contributed by atoms with Gasteiger partial charge in [-0.1, -0.05) is 35.9 Å². The molecule has 1 unspecified atom stereocenters. The van der Waals surface area contributed by atoms with Gasteiger partial charge in [0.25, 0.3) is 0 Å². The Morgan fingerprint density at radius 1 is 1.11 bits per heavy atom. The molecule has 1 atom stereocenters. The predicted octanol–water partition coefficient (Wildman–Crippen LogP) is 4.16. The minimum atomic E-state index is -0.938. The molecule has 200 valence electrons. The van der Waals surface area contributed by atoms with Crippen LogP contribution < -0.4 is 9.47 Å². The maximum atomic E-state index is 11.2. The minimum absolute atomic E-state index is 0.00463. The maximum Gasteiger partial charge on any atom is 0.131 e. The molecule has 38 heavy (non-hydrogen) atoms. The zero-order chi connectivity index (χ0) is 26.5. The van der Waals surface area contributed by atoms with Crippen LogP contribution >= 0.6 is 11.6 Å². The molecule has 5 rings (SSSR count). The summed E-state index contributed by atoms with van der Waals surface area (Å²) in [4.78, 5) is 6.93. The number of hydrogen-bond acceptors (Lipinski definition) is 7. The van der Waals surface area contributed by atoms with Gasteiger partial charge in [-0.3, -0.25) is 4.98 Å². The summed E-state index contributed by atoms with van der Waals surface area (Å²) in [6, 6.07) is 17.1. The second kappa shape index (κ2) is 11.8. The van der Waals surface area contributed by atoms with Crippen molar-refractivity contribution in [2.24, 2.45) is 0 Å². The van der Waals surface area contributed by atoms with Gasteiger partial charge in [0, 0.05) is 42.0 Å². The molecule has 7 nitrogen and oxygen atoms in total. The third-order valence-electron chi connectivity index (χ3n) is 7.30. The van der Waals surface area contributed by atoms with Gasteiger partial charge in [0.2, 0.25) is 0 Å². The summed E-state index contributed by atoms with van der Waals surface area (Å²) in [5, 5.41) is 30.7. The molecule has 1 aromatic heterocycles. The van der Waals surface area contributed by atoms with Crippen LogP contribution in [0.5, 0.6) is 11.5 Å². The molecule has 2 aliphatic rings. The fraction of sp³-hybridized carbons (Fsp3) is 0.367. The van der Waals surface area contributed by atoms with Crippen molar-refractivity contribution in [1.29, 1.82) is 0 Å². The van der Waals surface area contributed by atoms with Gasteiger partial charge in [0.05, 0.1) is 17.9 Å². The normalized spacial score (nSPS) is 18.7. The third kappa shape index (κ3) is 6.03. The number of aliphatic hydroxyl groups excluding tert-OH is 2. The molecule has 2 aromatic carbocycles. The zero-order valence-corrected chi connectivity index (χ0v) is 22.0. The van der Waals surface area contributed by atoms with Crippen LogP contribution in [-0.4, -0.2) is 64.2 Å². The molecule has 0 saturated carbocycles. The minimum Gasteiger partial charge on any atom is -0.491 e. The van der Waals surface area contributed by atoms with Crippen molar-refractivity contribution in [3.8, 4) is 11.5 Å². The lowest BCUT2D eigenvalue weighted by molar-refractivity contribution is -0.0254. The Morgan fingerprint density at radius 3 is 2.66 bits per heavy atom. The van der Waals surface area contributed by atoms with E-state index in [1.54, 1.807) is 12.3 Å². The van der Waals surface area contributed by atoms with Crippen LogP contribution in [0.25, 0.3) is 5.57 Å². The summed E-state index contributed by atoms with van der Waals surface area (Å²) in [7, 11) is 0. The van der Waals surface area contributed by atoms with E-state index in [0.29, 0.717) is 30.2 Å². The lowest BCUT2D eigenvalue weighted by Gasteiger charge is -2.38. The predicted molar refractivity (Wildman–Crippen MR) is 146 cm³/mol. The van der Waals surface area contributed by atoms with Crippen molar-refractivity contribution in [2.45, 2.75) is 37.6 Å². The summed E-state index contributed by atoms with van der Waals surface area (Å²) >= 11 is 6.02. The van der Waals surface area contributed by atoms with Crippen LogP contribution in [0.15, 0.2) is 66.9 Å². The van der Waals surface area contributed by atoms with Gasteiger partial charge >= 0.3 is 0 Å². The lowest BCUT2D eigenvalue weighted by atomic mass is 9.84. The summed E-state index contributed by atoms with van der Waals surface area (Å²) in [5.74, 6) is 1.34. The molecule has 0 aliphatic carbocycles. The van der Waals surface area contributed by atoms with Gasteiger partial charge in [-0.25, -0.2) is 0 Å². The van der Waals surface area contributed by atoms with E-state index in [0.717, 1.165) is 59.8 Å². The highest BCUT2D eigenvalue weighted by Crippen LogP contribution is 2.39. The van der Waals surface area contributed by atoms with Gasteiger partial charge in [-0.2, -0.15) is 0 Å². The first-order chi connectivity index (χ1) is 18.4. The van der Waals surface area contributed by atoms with Crippen LogP contribution in [-0.2, 0) is 12.2 Å². The molecule has 3 heterocycles. The fourth-order valence-corrected chi connectivity index (χ4v) is 5.20. The second-order valence-electron chi connectivity index (χ2n) is 9.88. The molecule has 8 heteroatoms. The monoisotopic (exact) mass is 536 g/mol. The van der Waals surface area contributed by atoms with Gasteiger partial charge in [0.15, 0.2) is 0 Å². The number of nitrogens with zero attached hydrogens (tertiary/aromatic N) is 2. The number of likely N-dealkylation sites (tertiary alicyclic amines) is 1. The van der Waals surface area contributed by atoms with Crippen LogP contribution in [0.3, 0.4) is 0 Å². The molecule has 0 amide bonds. The van der Waals surface area contributed by atoms with Crippen molar-refractivity contribution in [3.05, 3.63) is 94.3 Å². The average molecular weight is 537 g/mol. The van der Waals surface area contributed by atoms with Crippen molar-refractivity contribution < 1.29 is 24.8 Å². The first-order valence-corrected chi connectivity index (χ1v) is 13.4. The Balaban J connectivity index is 1.31. The fourth-order valence-electron chi connectivity index (χ4n) is 5.08. The molecule has 0 radical (unpaired) electrons. The quantitative estimate of drug-likeness (QED) is 0.398. The van der Waals surface area contributed by atoms with E-state index in [9.17, 15) is 10.2 Å². The Labute approximate surface area is 227 Å². The topological polar surface area (TPSA) is 95.3 Å². The van der Waals surface area contributed by atoms with Crippen LogP contribution in [0.1, 0.15) is 41.6 Å². The molecule has 1 saturated heterocycles. The van der Waals surface area contributed by atoms with Crippen LogP contribution in [0.4, 0.5) is 0 Å². The van der Waals surface area contributed by atoms with E-state index in [1.807, 2.05) is 42.5 Å². The molecular weight excluding hydrogens is 504 g/mol. The molecule has 0 bridgehead atoms. The van der Waals surface area contributed by atoms with Gasteiger partial charge in [-0.15, -0.1) is 0 Å². The number of pyridine rings is 1. The molecule has 3 aromatic rings. The first kappa shape index (κ1) is 26.7. The van der Waals surface area contributed by atoms with Crippen molar-refractivity contribution >= 4 is 17.2 Å². The zero-order valence-electron chi connectivity index (χ0n) is 21.2. The molecule has 2 aliphatic heterocycles. The Hall–Kier alpha value is -2.94. The number of benzene rings is 2. The lowest BCUT2D eigenvalue weighted by Crippen LogP contribution is -2.42. The summed E-state index contributed by atoms with van der Waals surface area (Å²) in [6.45, 7) is 2.51. The molecular formula is C30H33ClN2O5. The van der Waals surface area contributed by atoms with Gasteiger partial charge in [-0.05, 0) is 66.8 Å². The largest absolute Gasteiger partial charge is 0.491 e. The standard InChI is InChI=1S/C30H33ClN2O5/c31-22-7-5-21(6-8-22)30(36)11-15-33(16-12-30)14-2-4-25-26-3-1-13-32-28(26)20-38-29-10-9-24(17-27(25)29)37-19-23(35)18-34/h1,3-10,13,17,23,34-36H,2,11-12,14-16,18-20H2/b25-4+. The van der Waals surface area contributed by atoms with E-state index in [1.165, 1.54) is 0 Å². The number of hydrogen-bond donors (Lipinski definition) is 3. The molecule has 0 spiro atoms. The Bertz CT molecular complexity index is 1270. The summed E-state index contributed by atoms with van der Waals surface area (Å²) in [5.41, 5.74) is 3.94. The highest BCUT2D eigenvalue weighted by Gasteiger charge is 2.33. The van der Waals surface area contributed by atoms with Crippen molar-refractivity contribution in [1.82, 2.24) is 9.88 Å². The molecule has 3 N–H and O–H groups in total. The maximum absolute atomic E-state index is 11.2. The average Bonchev–Trinajstić information content (AvgIpc) is 3.10. The van der Waals surface area contributed by atoms with E-state index in [2.05, 4.69) is 22.0 Å². The van der Waals surface area contributed by atoms with E-state index >= 15 is 0 Å². The molecule has 1 fully saturated rings. The third-order valence-corrected chi connectivity index (χ3v) is 7.55. The highest BCUT2D eigenvalue weighted by molar-refractivity contribution is 6.30. The van der Waals surface area contributed by atoms with E-state index in [-0.39, 0.29) is 13.2 Å². The Kier molecular flexibility index (Phi) is 8.31. The van der Waals surface area contributed by atoms with E-state index in [4.69, 9.17) is 26.2 Å². The van der Waals surface area contributed by atoms with Gasteiger partial charge in [0.1, 0.15) is 30.8 Å². The van der Waals surface area contributed by atoms with E-state index < -0.39 is 11.7 Å². The van der Waals surface area contributed by atoms with Crippen molar-refractivity contribution in [3.63, 3.8) is 0 Å². The Morgan fingerprint density at radius 2 is 1.89 bits per heavy atom. The number of halogens is 1. The van der Waals surface area contributed by atoms with Crippen molar-refractivity contribution in [2.75, 3.05) is 32.8 Å². The summed E-state index contributed by atoms with van der Waals surface area (Å²) in [6.07, 6.45) is 5.23. The number of aromatic nitrogens is 1. The highest BCUT2D eigenvalue weighted by atomic mass is 35.5. The number of rotatable bonds is 8. The summed E-state index contributed by atoms with van der Waals surface area (Å²) < 4.78 is 11.8. The second-order valence-corrected chi connectivity index (χ2v) is 10.3. The number of fused-ring (bicyclic) bond motifs is 2. The van der Waals surface area contributed by atoms with Crippen LogP contribution in [0, 0.1) is 0 Å². The number of ether oxygens (including phenoxy) is 2. The SMILES string of the molecule is OCC(O)COc1ccc2c(c1)/C(=C/CCN1CCC(O)(c3ccc(Cl)cc3)CC1)c1cccnc1CO2. The smallest absolute Gasteiger partial charge is 0.131 e. The number of piperidine rings is 1. The van der Waals surface area contributed by atoms with Gasteiger partial charge < -0.3 is 29.7 Å². The number of aliphatic hydroxyl groups is 3. The van der Waals surface area contributed by atoms with Crippen LogP contribution in [0.2, 0.25) is 5.02 Å².